The molecule has 2 aromatic carbocycles. The Hall–Kier alpha value is -2.29. The van der Waals surface area contributed by atoms with E-state index in [4.69, 9.17) is 27.9 Å². The molecule has 7 nitrogen and oxygen atoms in total. The van der Waals surface area contributed by atoms with E-state index in [0.717, 1.165) is 12.8 Å². The summed E-state index contributed by atoms with van der Waals surface area (Å²) in [6.07, 6.45) is 1.51. The number of hydrogen-bond acceptors (Lipinski definition) is 5. The molecule has 0 spiro atoms. The third kappa shape index (κ3) is 6.35. The van der Waals surface area contributed by atoms with Crippen LogP contribution in [-0.2, 0) is 19.6 Å². The first-order valence-electron chi connectivity index (χ1n) is 9.21. The van der Waals surface area contributed by atoms with E-state index in [2.05, 4.69) is 10.0 Å². The predicted octanol–water partition coefficient (Wildman–Crippen LogP) is 4.26. The number of amides is 1. The van der Waals surface area contributed by atoms with Gasteiger partial charge in [0, 0.05) is 11.1 Å². The highest BCUT2D eigenvalue weighted by atomic mass is 35.5. The molecule has 0 fully saturated rings. The first-order chi connectivity index (χ1) is 14.2. The molecule has 0 unspecified atom stereocenters. The SMILES string of the molecule is CCC(CC)NC(=O)COC(=O)c1ccccc1NS(=O)(=O)c1cc(Cl)ccc1Cl. The predicted molar refractivity (Wildman–Crippen MR) is 117 cm³/mol. The van der Waals surface area contributed by atoms with Crippen molar-refractivity contribution in [1.29, 1.82) is 0 Å². The molecule has 0 radical (unpaired) electrons. The van der Waals surface area contributed by atoms with E-state index in [-0.39, 0.29) is 32.2 Å². The first kappa shape index (κ1) is 24.0. The van der Waals surface area contributed by atoms with Crippen molar-refractivity contribution in [2.75, 3.05) is 11.3 Å². The molecule has 30 heavy (non-hydrogen) atoms. The lowest BCUT2D eigenvalue weighted by atomic mass is 10.2. The fraction of sp³-hybridized carbons (Fsp3) is 0.300. The van der Waals surface area contributed by atoms with E-state index in [0.29, 0.717) is 0 Å². The summed E-state index contributed by atoms with van der Waals surface area (Å²) in [6, 6.07) is 9.90. The molecule has 2 rings (SSSR count). The summed E-state index contributed by atoms with van der Waals surface area (Å²) in [6.45, 7) is 3.40. The number of para-hydroxylation sites is 1. The quantitative estimate of drug-likeness (QED) is 0.530. The van der Waals surface area contributed by atoms with Gasteiger partial charge in [0.1, 0.15) is 4.90 Å². The maximum absolute atomic E-state index is 12.7. The zero-order valence-corrected chi connectivity index (χ0v) is 18.8. The molecular weight excluding hydrogens is 451 g/mol. The van der Waals surface area contributed by atoms with E-state index < -0.39 is 28.5 Å². The first-order valence-corrected chi connectivity index (χ1v) is 11.4. The number of sulfonamides is 1. The maximum atomic E-state index is 12.7. The minimum atomic E-state index is -4.13. The van der Waals surface area contributed by atoms with Gasteiger partial charge in [0.2, 0.25) is 0 Å². The van der Waals surface area contributed by atoms with E-state index in [1.165, 1.54) is 30.3 Å². The van der Waals surface area contributed by atoms with Crippen LogP contribution < -0.4 is 10.0 Å². The normalized spacial score (nSPS) is 11.2. The largest absolute Gasteiger partial charge is 0.452 e. The number of esters is 1. The van der Waals surface area contributed by atoms with E-state index >= 15 is 0 Å². The summed E-state index contributed by atoms with van der Waals surface area (Å²) in [5, 5.41) is 2.92. The Kier molecular flexibility index (Phi) is 8.52. The summed E-state index contributed by atoms with van der Waals surface area (Å²) >= 11 is 11.9. The minimum Gasteiger partial charge on any atom is -0.452 e. The standard InChI is InChI=1S/C20H22Cl2N2O5S/c1-3-14(4-2)23-19(25)12-29-20(26)15-7-5-6-8-17(15)24-30(27,28)18-11-13(21)9-10-16(18)22/h5-11,14,24H,3-4,12H2,1-2H3,(H,23,25). The van der Waals surface area contributed by atoms with Crippen molar-refractivity contribution >= 4 is 50.8 Å². The van der Waals surface area contributed by atoms with E-state index in [1.54, 1.807) is 12.1 Å². The third-order valence-corrected chi connectivity index (χ3v) is 6.34. The van der Waals surface area contributed by atoms with Crippen LogP contribution in [0.1, 0.15) is 37.0 Å². The minimum absolute atomic E-state index is 0.00209. The van der Waals surface area contributed by atoms with Crippen molar-refractivity contribution in [1.82, 2.24) is 5.32 Å². The van der Waals surface area contributed by atoms with Gasteiger partial charge in [0.05, 0.1) is 16.3 Å². The van der Waals surface area contributed by atoms with Crippen LogP contribution >= 0.6 is 23.2 Å². The molecule has 0 bridgehead atoms. The van der Waals surface area contributed by atoms with Crippen LogP contribution in [-0.4, -0.2) is 32.9 Å². The van der Waals surface area contributed by atoms with Gasteiger partial charge in [-0.1, -0.05) is 49.2 Å². The molecule has 0 saturated carbocycles. The van der Waals surface area contributed by atoms with Crippen LogP contribution in [0.15, 0.2) is 47.4 Å². The topological polar surface area (TPSA) is 102 Å². The second-order valence-corrected chi connectivity index (χ2v) is 8.88. The van der Waals surface area contributed by atoms with E-state index in [9.17, 15) is 18.0 Å². The zero-order valence-electron chi connectivity index (χ0n) is 16.4. The van der Waals surface area contributed by atoms with Gasteiger partial charge in [-0.25, -0.2) is 13.2 Å². The number of carbonyl (C=O) groups is 2. The summed E-state index contributed by atoms with van der Waals surface area (Å²) in [5.74, 6) is -1.27. The number of halogens is 2. The Morgan fingerprint density at radius 3 is 2.40 bits per heavy atom. The number of hydrogen-bond donors (Lipinski definition) is 2. The number of anilines is 1. The van der Waals surface area contributed by atoms with Crippen molar-refractivity contribution in [3.8, 4) is 0 Å². The smallest absolute Gasteiger partial charge is 0.340 e. The van der Waals surface area contributed by atoms with Crippen LogP contribution in [0, 0.1) is 0 Å². The van der Waals surface area contributed by atoms with Crippen LogP contribution in [0.25, 0.3) is 0 Å². The van der Waals surface area contributed by atoms with Crippen molar-refractivity contribution in [2.24, 2.45) is 0 Å². The molecule has 10 heteroatoms. The molecule has 0 atom stereocenters. The monoisotopic (exact) mass is 472 g/mol. The highest BCUT2D eigenvalue weighted by molar-refractivity contribution is 7.92. The molecule has 0 aliphatic carbocycles. The lowest BCUT2D eigenvalue weighted by Gasteiger charge is -2.15. The van der Waals surface area contributed by atoms with Gasteiger partial charge in [-0.3, -0.25) is 9.52 Å². The number of rotatable bonds is 9. The molecule has 0 heterocycles. The Bertz CT molecular complexity index is 1020. The van der Waals surface area contributed by atoms with Gasteiger partial charge >= 0.3 is 5.97 Å². The van der Waals surface area contributed by atoms with Crippen LogP contribution in [0.3, 0.4) is 0 Å². The number of benzene rings is 2. The van der Waals surface area contributed by atoms with Gasteiger partial charge in [-0.2, -0.15) is 0 Å². The van der Waals surface area contributed by atoms with Crippen molar-refractivity contribution in [2.45, 2.75) is 37.6 Å². The molecule has 1 amide bonds. The molecule has 0 aliphatic rings. The molecule has 0 saturated heterocycles. The molecule has 162 valence electrons. The van der Waals surface area contributed by atoms with Gasteiger partial charge < -0.3 is 10.1 Å². The number of ether oxygens (including phenoxy) is 1. The third-order valence-electron chi connectivity index (χ3n) is 4.26. The summed E-state index contributed by atoms with van der Waals surface area (Å²) in [5.41, 5.74) is -0.0616. The lowest BCUT2D eigenvalue weighted by Crippen LogP contribution is -2.36. The van der Waals surface area contributed by atoms with Crippen LogP contribution in [0.5, 0.6) is 0 Å². The molecular formula is C20H22Cl2N2O5S. The summed E-state index contributed by atoms with van der Waals surface area (Å²) in [7, 11) is -4.13. The Morgan fingerprint density at radius 2 is 1.73 bits per heavy atom. The summed E-state index contributed by atoms with van der Waals surface area (Å²) < 4.78 is 32.8. The van der Waals surface area contributed by atoms with Gasteiger partial charge in [0.15, 0.2) is 6.61 Å². The Morgan fingerprint density at radius 1 is 1.07 bits per heavy atom. The van der Waals surface area contributed by atoms with Crippen molar-refractivity contribution in [3.63, 3.8) is 0 Å². The molecule has 0 aliphatic heterocycles. The Labute approximate surface area is 185 Å². The van der Waals surface area contributed by atoms with Gasteiger partial charge in [-0.15, -0.1) is 0 Å². The number of carbonyl (C=O) groups excluding carboxylic acids is 2. The fourth-order valence-corrected chi connectivity index (χ4v) is 4.45. The van der Waals surface area contributed by atoms with Gasteiger partial charge in [-0.05, 0) is 43.2 Å². The van der Waals surface area contributed by atoms with Crippen molar-refractivity contribution < 1.29 is 22.7 Å². The fourth-order valence-electron chi connectivity index (χ4n) is 2.60. The zero-order chi connectivity index (χ0) is 22.3. The second kappa shape index (κ2) is 10.7. The van der Waals surface area contributed by atoms with Crippen LogP contribution in [0.4, 0.5) is 5.69 Å². The van der Waals surface area contributed by atoms with Crippen LogP contribution in [0.2, 0.25) is 10.0 Å². The van der Waals surface area contributed by atoms with Gasteiger partial charge in [0.25, 0.3) is 15.9 Å². The highest BCUT2D eigenvalue weighted by Gasteiger charge is 2.22. The second-order valence-electron chi connectivity index (χ2n) is 6.38. The summed E-state index contributed by atoms with van der Waals surface area (Å²) in [4.78, 5) is 24.2. The maximum Gasteiger partial charge on any atom is 0.340 e. The van der Waals surface area contributed by atoms with E-state index in [1.807, 2.05) is 13.8 Å². The average molecular weight is 473 g/mol. The lowest BCUT2D eigenvalue weighted by molar-refractivity contribution is -0.125. The Balaban J connectivity index is 2.16. The molecule has 0 aromatic heterocycles. The molecule has 2 aromatic rings. The van der Waals surface area contributed by atoms with Crippen molar-refractivity contribution in [3.05, 3.63) is 58.1 Å². The average Bonchev–Trinajstić information content (AvgIpc) is 2.72. The molecule has 2 N–H and O–H groups in total. The highest BCUT2D eigenvalue weighted by Crippen LogP contribution is 2.28. The number of nitrogens with one attached hydrogen (secondary N) is 2.